The predicted molar refractivity (Wildman–Crippen MR) is 92.7 cm³/mol. The number of hydrogen-bond donors (Lipinski definition) is 1. The summed E-state index contributed by atoms with van der Waals surface area (Å²) in [5, 5.41) is 0.893. The van der Waals surface area contributed by atoms with E-state index >= 15 is 0 Å². The minimum absolute atomic E-state index is 0.554. The van der Waals surface area contributed by atoms with Crippen molar-refractivity contribution in [1.29, 1.82) is 0 Å². The van der Waals surface area contributed by atoms with E-state index in [0.717, 1.165) is 16.8 Å². The van der Waals surface area contributed by atoms with Crippen LogP contribution < -0.4 is 4.74 Å². The lowest BCUT2D eigenvalue weighted by Crippen LogP contribution is -2.00. The summed E-state index contributed by atoms with van der Waals surface area (Å²) in [5.74, 6) is 3.89. The molecule has 1 fully saturated rings. The highest BCUT2D eigenvalue weighted by Crippen LogP contribution is 2.44. The van der Waals surface area contributed by atoms with Gasteiger partial charge >= 0.3 is 0 Å². The molecule has 3 heterocycles. The Labute approximate surface area is 137 Å². The molecule has 4 nitrogen and oxygen atoms in total. The van der Waals surface area contributed by atoms with Gasteiger partial charge in [-0.2, -0.15) is 0 Å². The van der Waals surface area contributed by atoms with Crippen molar-refractivity contribution in [2.75, 3.05) is 11.5 Å². The first-order valence-corrected chi connectivity index (χ1v) is 9.29. The lowest BCUT2D eigenvalue weighted by molar-refractivity contribution is 0.468. The average molecular weight is 329 g/mol. The van der Waals surface area contributed by atoms with Crippen LogP contribution in [-0.4, -0.2) is 26.5 Å². The summed E-state index contributed by atoms with van der Waals surface area (Å²) in [6.45, 7) is 0. The smallest absolute Gasteiger partial charge is 0.231 e. The average Bonchev–Trinajstić information content (AvgIpc) is 3.06. The zero-order valence-corrected chi connectivity index (χ0v) is 13.5. The highest BCUT2D eigenvalue weighted by Gasteiger charge is 2.16. The van der Waals surface area contributed by atoms with Crippen LogP contribution >= 0.6 is 23.5 Å². The van der Waals surface area contributed by atoms with Crippen LogP contribution in [0.3, 0.4) is 0 Å². The van der Waals surface area contributed by atoms with Crippen molar-refractivity contribution >= 4 is 34.6 Å². The molecule has 2 aromatic heterocycles. The molecule has 0 aliphatic carbocycles. The number of ether oxygens (including phenoxy) is 1. The Hall–Kier alpha value is -1.66. The van der Waals surface area contributed by atoms with E-state index in [-0.39, 0.29) is 0 Å². The Kier molecular flexibility index (Phi) is 3.95. The van der Waals surface area contributed by atoms with Gasteiger partial charge in [0.15, 0.2) is 0 Å². The third-order valence-electron chi connectivity index (χ3n) is 3.51. The van der Waals surface area contributed by atoms with E-state index in [1.165, 1.54) is 29.8 Å². The van der Waals surface area contributed by atoms with Gasteiger partial charge in [-0.1, -0.05) is 12.1 Å². The van der Waals surface area contributed by atoms with Crippen LogP contribution in [-0.2, 0) is 0 Å². The molecule has 0 amide bonds. The lowest BCUT2D eigenvalue weighted by Gasteiger charge is -2.21. The lowest BCUT2D eigenvalue weighted by atomic mass is 10.2. The molecule has 0 radical (unpaired) electrons. The zero-order valence-electron chi connectivity index (χ0n) is 11.9. The summed E-state index contributed by atoms with van der Waals surface area (Å²) in [6.07, 6.45) is 4.66. The molecule has 0 atom stereocenters. The summed E-state index contributed by atoms with van der Waals surface area (Å²) in [4.78, 5) is 11.5. The first-order valence-electron chi connectivity index (χ1n) is 7.19. The van der Waals surface area contributed by atoms with Gasteiger partial charge in [-0.05, 0) is 41.7 Å². The van der Waals surface area contributed by atoms with Gasteiger partial charge in [0.25, 0.3) is 0 Å². The van der Waals surface area contributed by atoms with Crippen molar-refractivity contribution in [3.63, 3.8) is 0 Å². The van der Waals surface area contributed by atoms with E-state index in [0.29, 0.717) is 10.5 Å². The van der Waals surface area contributed by atoms with E-state index in [1.54, 1.807) is 0 Å². The van der Waals surface area contributed by atoms with Crippen LogP contribution in [0.1, 0.15) is 16.6 Å². The van der Waals surface area contributed by atoms with Crippen LogP contribution in [0, 0.1) is 0 Å². The van der Waals surface area contributed by atoms with E-state index in [1.807, 2.05) is 47.9 Å². The van der Waals surface area contributed by atoms with Gasteiger partial charge in [-0.3, -0.25) is 0 Å². The Morgan fingerprint density at radius 3 is 2.68 bits per heavy atom. The van der Waals surface area contributed by atoms with Crippen LogP contribution in [0.2, 0.25) is 0 Å². The van der Waals surface area contributed by atoms with Crippen LogP contribution in [0.25, 0.3) is 11.0 Å². The predicted octanol–water partition coefficient (Wildman–Crippen LogP) is 4.62. The number of fused-ring (bicyclic) bond motifs is 1. The first kappa shape index (κ1) is 14.0. The molecule has 1 aromatic carbocycles. The number of thioether (sulfide) groups is 2. The quantitative estimate of drug-likeness (QED) is 0.760. The molecule has 1 aliphatic heterocycles. The second-order valence-electron chi connectivity index (χ2n) is 5.02. The van der Waals surface area contributed by atoms with Gasteiger partial charge in [0.2, 0.25) is 5.88 Å². The number of rotatable bonds is 3. The number of H-pyrrole nitrogens is 1. The zero-order chi connectivity index (χ0) is 14.8. The fourth-order valence-corrected chi connectivity index (χ4v) is 5.31. The fraction of sp³-hybridized carbons (Fsp3) is 0.250. The second-order valence-corrected chi connectivity index (χ2v) is 7.74. The number of nitrogens with zero attached hydrogens (tertiary/aromatic N) is 2. The molecule has 4 rings (SSSR count). The number of benzene rings is 1. The highest BCUT2D eigenvalue weighted by molar-refractivity contribution is 8.16. The van der Waals surface area contributed by atoms with E-state index in [2.05, 4.69) is 27.1 Å². The standard InChI is InChI=1S/C16H15N3OS2/c1-8-21-16(22-9-1)11-2-4-12(5-3-11)20-15-13-6-7-17-14(13)18-10-19-15/h2-7,10,16H,1,8-9H2,(H,17,18,19). The molecule has 1 N–H and O–H groups in total. The first-order chi connectivity index (χ1) is 10.9. The highest BCUT2D eigenvalue weighted by atomic mass is 32.2. The third-order valence-corrected chi connectivity index (χ3v) is 6.53. The molecule has 0 spiro atoms. The van der Waals surface area contributed by atoms with Gasteiger partial charge in [0.05, 0.1) is 9.97 Å². The Balaban J connectivity index is 1.54. The van der Waals surface area contributed by atoms with Gasteiger partial charge in [0.1, 0.15) is 17.7 Å². The van der Waals surface area contributed by atoms with Crippen LogP contribution in [0.4, 0.5) is 0 Å². The summed E-state index contributed by atoms with van der Waals surface area (Å²) < 4.78 is 6.46. The maximum Gasteiger partial charge on any atom is 0.231 e. The van der Waals surface area contributed by atoms with E-state index in [9.17, 15) is 0 Å². The van der Waals surface area contributed by atoms with Gasteiger partial charge < -0.3 is 9.72 Å². The van der Waals surface area contributed by atoms with Crippen molar-refractivity contribution in [3.05, 3.63) is 48.4 Å². The van der Waals surface area contributed by atoms with Crippen molar-refractivity contribution < 1.29 is 4.74 Å². The van der Waals surface area contributed by atoms with Gasteiger partial charge in [-0.25, -0.2) is 9.97 Å². The van der Waals surface area contributed by atoms with Crippen molar-refractivity contribution in [1.82, 2.24) is 15.0 Å². The van der Waals surface area contributed by atoms with Gasteiger partial charge in [0, 0.05) is 6.20 Å². The Morgan fingerprint density at radius 2 is 1.86 bits per heavy atom. The molecule has 1 saturated heterocycles. The number of hydrogen-bond acceptors (Lipinski definition) is 5. The topological polar surface area (TPSA) is 50.8 Å². The molecule has 0 unspecified atom stereocenters. The minimum atomic E-state index is 0.554. The minimum Gasteiger partial charge on any atom is -0.438 e. The summed E-state index contributed by atoms with van der Waals surface area (Å²) >= 11 is 4.05. The van der Waals surface area contributed by atoms with Crippen molar-refractivity contribution in [3.8, 4) is 11.6 Å². The summed E-state index contributed by atoms with van der Waals surface area (Å²) in [7, 11) is 0. The number of nitrogens with one attached hydrogen (secondary N) is 1. The number of aromatic nitrogens is 3. The molecule has 3 aromatic rings. The maximum atomic E-state index is 5.91. The fourth-order valence-electron chi connectivity index (χ4n) is 2.41. The third kappa shape index (κ3) is 2.80. The second kappa shape index (κ2) is 6.22. The monoisotopic (exact) mass is 329 g/mol. The SMILES string of the molecule is c1nc(Oc2ccc(C3SCCCS3)cc2)c2cc[nH]c2n1. The molecule has 0 bridgehead atoms. The van der Waals surface area contributed by atoms with Crippen molar-refractivity contribution in [2.24, 2.45) is 0 Å². The molecular formula is C16H15N3OS2. The molecule has 112 valence electrons. The van der Waals surface area contributed by atoms with Crippen LogP contribution in [0.5, 0.6) is 11.6 Å². The molecular weight excluding hydrogens is 314 g/mol. The Bertz CT molecular complexity index is 766. The summed E-state index contributed by atoms with van der Waals surface area (Å²) in [5.41, 5.74) is 2.15. The Morgan fingerprint density at radius 1 is 1.05 bits per heavy atom. The molecule has 1 aliphatic rings. The maximum absolute atomic E-state index is 5.91. The molecule has 6 heteroatoms. The normalized spacial score (nSPS) is 16.0. The van der Waals surface area contributed by atoms with Crippen LogP contribution in [0.15, 0.2) is 42.9 Å². The molecule has 0 saturated carbocycles. The van der Waals surface area contributed by atoms with Gasteiger partial charge in [-0.15, -0.1) is 23.5 Å². The molecule has 22 heavy (non-hydrogen) atoms. The van der Waals surface area contributed by atoms with E-state index < -0.39 is 0 Å². The largest absolute Gasteiger partial charge is 0.438 e. The van der Waals surface area contributed by atoms with E-state index in [4.69, 9.17) is 4.74 Å². The van der Waals surface area contributed by atoms with Crippen molar-refractivity contribution in [2.45, 2.75) is 11.0 Å². The summed E-state index contributed by atoms with van der Waals surface area (Å²) in [6, 6.07) is 10.3. The number of aromatic amines is 1.